The minimum atomic E-state index is 0.0640. The lowest BCUT2D eigenvalue weighted by Crippen LogP contribution is -2.42. The Morgan fingerprint density at radius 3 is 2.82 bits per heavy atom. The van der Waals surface area contributed by atoms with Crippen LogP contribution in [-0.4, -0.2) is 45.1 Å². The monoisotopic (exact) mass is 297 g/mol. The third-order valence-electron chi connectivity index (χ3n) is 3.83. The average molecular weight is 297 g/mol. The predicted molar refractivity (Wildman–Crippen MR) is 83.6 cm³/mol. The van der Waals surface area contributed by atoms with Crippen LogP contribution in [0.25, 0.3) is 0 Å². The van der Waals surface area contributed by atoms with Crippen LogP contribution in [0.15, 0.2) is 36.8 Å². The van der Waals surface area contributed by atoms with Gasteiger partial charge in [0.25, 0.3) is 5.91 Å². The molecule has 6 heteroatoms. The summed E-state index contributed by atoms with van der Waals surface area (Å²) in [5, 5.41) is 11.3. The van der Waals surface area contributed by atoms with Crippen molar-refractivity contribution in [2.24, 2.45) is 0 Å². The first kappa shape index (κ1) is 14.4. The van der Waals surface area contributed by atoms with Crippen molar-refractivity contribution in [1.82, 2.24) is 20.1 Å². The molecule has 0 bridgehead atoms. The summed E-state index contributed by atoms with van der Waals surface area (Å²) < 4.78 is 0. The van der Waals surface area contributed by atoms with E-state index in [0.717, 1.165) is 37.3 Å². The molecule has 6 nitrogen and oxygen atoms in total. The van der Waals surface area contributed by atoms with E-state index in [1.165, 1.54) is 0 Å². The summed E-state index contributed by atoms with van der Waals surface area (Å²) in [5.74, 6) is 0.851. The fourth-order valence-corrected chi connectivity index (χ4v) is 2.67. The largest absolute Gasteiger partial charge is 0.366 e. The number of pyridine rings is 1. The number of carbonyl (C=O) groups excluding carboxylic acids is 1. The van der Waals surface area contributed by atoms with Gasteiger partial charge in [0.2, 0.25) is 0 Å². The Bertz CT molecular complexity index is 638. The highest BCUT2D eigenvalue weighted by Crippen LogP contribution is 2.17. The molecule has 114 valence electrons. The van der Waals surface area contributed by atoms with Crippen LogP contribution in [0.1, 0.15) is 28.8 Å². The maximum atomic E-state index is 12.5. The van der Waals surface area contributed by atoms with E-state index in [4.69, 9.17) is 0 Å². The highest BCUT2D eigenvalue weighted by atomic mass is 16.2. The summed E-state index contributed by atoms with van der Waals surface area (Å²) in [5.41, 5.74) is 1.67. The number of likely N-dealkylation sites (tertiary alicyclic amines) is 1. The Morgan fingerprint density at radius 2 is 2.14 bits per heavy atom. The standard InChI is InChI=1S/C16H19N5O/c1-12-9-13(11-17-10-12)16(22)21-7-4-14(5-8-21)19-15-3-2-6-18-20-15/h2-3,6,9-11,14H,4-5,7-8H2,1H3,(H,19,20). The number of anilines is 1. The van der Waals surface area contributed by atoms with Crippen molar-refractivity contribution >= 4 is 11.7 Å². The summed E-state index contributed by atoms with van der Waals surface area (Å²) in [7, 11) is 0. The quantitative estimate of drug-likeness (QED) is 0.937. The van der Waals surface area contributed by atoms with E-state index in [1.54, 1.807) is 18.6 Å². The van der Waals surface area contributed by atoms with Gasteiger partial charge in [-0.3, -0.25) is 9.78 Å². The summed E-state index contributed by atoms with van der Waals surface area (Å²) in [6, 6.07) is 5.98. The third kappa shape index (κ3) is 3.39. The third-order valence-corrected chi connectivity index (χ3v) is 3.83. The Labute approximate surface area is 129 Å². The van der Waals surface area contributed by atoms with Crippen LogP contribution < -0.4 is 5.32 Å². The Morgan fingerprint density at radius 1 is 1.32 bits per heavy atom. The number of aryl methyl sites for hydroxylation is 1. The van der Waals surface area contributed by atoms with E-state index in [9.17, 15) is 4.79 Å². The normalized spacial score (nSPS) is 15.6. The summed E-state index contributed by atoms with van der Waals surface area (Å²) in [4.78, 5) is 18.5. The number of hydrogen-bond donors (Lipinski definition) is 1. The molecular formula is C16H19N5O. The number of nitrogens with zero attached hydrogens (tertiary/aromatic N) is 4. The number of carbonyl (C=O) groups is 1. The zero-order valence-electron chi connectivity index (χ0n) is 12.6. The van der Waals surface area contributed by atoms with Gasteiger partial charge in [-0.2, -0.15) is 5.10 Å². The zero-order valence-corrected chi connectivity index (χ0v) is 12.6. The second-order valence-electron chi connectivity index (χ2n) is 5.57. The van der Waals surface area contributed by atoms with Crippen LogP contribution in [0.2, 0.25) is 0 Å². The van der Waals surface area contributed by atoms with Crippen LogP contribution >= 0.6 is 0 Å². The van der Waals surface area contributed by atoms with E-state index in [1.807, 2.05) is 30.0 Å². The van der Waals surface area contributed by atoms with Crippen LogP contribution in [0.3, 0.4) is 0 Å². The van der Waals surface area contributed by atoms with Gasteiger partial charge < -0.3 is 10.2 Å². The second-order valence-corrected chi connectivity index (χ2v) is 5.57. The van der Waals surface area contributed by atoms with E-state index in [2.05, 4.69) is 20.5 Å². The molecule has 2 aromatic heterocycles. The molecule has 0 atom stereocenters. The zero-order chi connectivity index (χ0) is 15.4. The molecule has 0 spiro atoms. The van der Waals surface area contributed by atoms with Crippen molar-refractivity contribution in [2.45, 2.75) is 25.8 Å². The highest BCUT2D eigenvalue weighted by Gasteiger charge is 2.24. The fraction of sp³-hybridized carbons (Fsp3) is 0.375. The lowest BCUT2D eigenvalue weighted by molar-refractivity contribution is 0.0718. The van der Waals surface area contributed by atoms with Crippen LogP contribution in [0.5, 0.6) is 0 Å². The Kier molecular flexibility index (Phi) is 4.27. The molecule has 0 saturated carbocycles. The van der Waals surface area contributed by atoms with Crippen molar-refractivity contribution in [2.75, 3.05) is 18.4 Å². The summed E-state index contributed by atoms with van der Waals surface area (Å²) in [6.45, 7) is 3.43. The summed E-state index contributed by atoms with van der Waals surface area (Å²) >= 11 is 0. The predicted octanol–water partition coefficient (Wildman–Crippen LogP) is 1.90. The molecule has 0 aromatic carbocycles. The summed E-state index contributed by atoms with van der Waals surface area (Å²) in [6.07, 6.45) is 6.86. The molecular weight excluding hydrogens is 278 g/mol. The molecule has 22 heavy (non-hydrogen) atoms. The number of nitrogens with one attached hydrogen (secondary N) is 1. The minimum absolute atomic E-state index is 0.0640. The molecule has 1 aliphatic heterocycles. The highest BCUT2D eigenvalue weighted by molar-refractivity contribution is 5.94. The van der Waals surface area contributed by atoms with Gasteiger partial charge >= 0.3 is 0 Å². The number of amides is 1. The van der Waals surface area contributed by atoms with Crippen molar-refractivity contribution in [1.29, 1.82) is 0 Å². The van der Waals surface area contributed by atoms with Gasteiger partial charge in [0.15, 0.2) is 0 Å². The first-order valence-electron chi connectivity index (χ1n) is 7.47. The van der Waals surface area contributed by atoms with Gasteiger partial charge in [0.05, 0.1) is 5.56 Å². The maximum absolute atomic E-state index is 12.5. The molecule has 1 aliphatic rings. The van der Waals surface area contributed by atoms with Gasteiger partial charge in [-0.25, -0.2) is 0 Å². The van der Waals surface area contributed by atoms with Crippen LogP contribution in [0, 0.1) is 6.92 Å². The second kappa shape index (κ2) is 6.51. The molecule has 1 saturated heterocycles. The fourth-order valence-electron chi connectivity index (χ4n) is 2.67. The Hall–Kier alpha value is -2.50. The smallest absolute Gasteiger partial charge is 0.255 e. The first-order chi connectivity index (χ1) is 10.7. The molecule has 1 fully saturated rings. The lowest BCUT2D eigenvalue weighted by atomic mass is 10.0. The average Bonchev–Trinajstić information content (AvgIpc) is 2.56. The van der Waals surface area contributed by atoms with Crippen molar-refractivity contribution in [3.05, 3.63) is 47.9 Å². The molecule has 3 rings (SSSR count). The minimum Gasteiger partial charge on any atom is -0.366 e. The molecule has 1 N–H and O–H groups in total. The molecule has 3 heterocycles. The number of piperidine rings is 1. The van der Waals surface area contributed by atoms with E-state index in [-0.39, 0.29) is 5.91 Å². The first-order valence-corrected chi connectivity index (χ1v) is 7.47. The number of aromatic nitrogens is 3. The number of rotatable bonds is 3. The Balaban J connectivity index is 1.56. The maximum Gasteiger partial charge on any atom is 0.255 e. The topological polar surface area (TPSA) is 71.0 Å². The van der Waals surface area contributed by atoms with Crippen molar-refractivity contribution in [3.63, 3.8) is 0 Å². The van der Waals surface area contributed by atoms with Gasteiger partial charge in [0.1, 0.15) is 5.82 Å². The van der Waals surface area contributed by atoms with Gasteiger partial charge in [-0.15, -0.1) is 5.10 Å². The van der Waals surface area contributed by atoms with E-state index >= 15 is 0 Å². The van der Waals surface area contributed by atoms with Crippen molar-refractivity contribution in [3.8, 4) is 0 Å². The number of hydrogen-bond acceptors (Lipinski definition) is 5. The van der Waals surface area contributed by atoms with Gasteiger partial charge in [-0.05, 0) is 43.5 Å². The lowest BCUT2D eigenvalue weighted by Gasteiger charge is -2.32. The molecule has 0 unspecified atom stereocenters. The van der Waals surface area contributed by atoms with Crippen LogP contribution in [-0.2, 0) is 0 Å². The van der Waals surface area contributed by atoms with Crippen LogP contribution in [0.4, 0.5) is 5.82 Å². The molecule has 0 aliphatic carbocycles. The van der Waals surface area contributed by atoms with Crippen molar-refractivity contribution < 1.29 is 4.79 Å². The van der Waals surface area contributed by atoms with Gasteiger partial charge in [0, 0.05) is 37.7 Å². The molecule has 0 radical (unpaired) electrons. The van der Waals surface area contributed by atoms with E-state index < -0.39 is 0 Å². The molecule has 1 amide bonds. The van der Waals surface area contributed by atoms with Gasteiger partial charge in [-0.1, -0.05) is 0 Å². The molecule has 2 aromatic rings. The van der Waals surface area contributed by atoms with E-state index in [0.29, 0.717) is 11.6 Å². The SMILES string of the molecule is Cc1cncc(C(=O)N2CCC(Nc3cccnn3)CC2)c1.